The molecule has 4 aliphatic rings. The van der Waals surface area contributed by atoms with Gasteiger partial charge in [-0.25, -0.2) is 4.39 Å². The Labute approximate surface area is 149 Å². The zero-order chi connectivity index (χ0) is 17.8. The van der Waals surface area contributed by atoms with Crippen LogP contribution in [0.2, 0.25) is 0 Å². The SMILES string of the molecule is CC(=O)O[C@H]1CC[C@H]2[C@@H]3CC=C4C[C@@H](F)CC[C@]4(C=O)[C@H]3CC[C@]12C. The van der Waals surface area contributed by atoms with Crippen LogP contribution in [-0.2, 0) is 14.3 Å². The summed E-state index contributed by atoms with van der Waals surface area (Å²) in [5.74, 6) is 1.11. The van der Waals surface area contributed by atoms with Crippen molar-refractivity contribution in [1.29, 1.82) is 0 Å². The molecule has 0 aromatic carbocycles. The van der Waals surface area contributed by atoms with Gasteiger partial charge in [0.1, 0.15) is 18.6 Å². The standard InChI is InChI=1S/C21H29FO3/c1-13(24)25-19-6-5-17-16-4-3-14-11-15(22)7-10-21(14,12-23)18(16)8-9-20(17,19)2/h3,12,15-19H,4-11H2,1-2H3/t15-,16-,17-,18-,19-,20-,21+/m0/s1. The molecule has 0 amide bonds. The van der Waals surface area contributed by atoms with Gasteiger partial charge in [0.25, 0.3) is 0 Å². The van der Waals surface area contributed by atoms with E-state index in [0.717, 1.165) is 44.0 Å². The van der Waals surface area contributed by atoms with E-state index in [9.17, 15) is 14.0 Å². The van der Waals surface area contributed by atoms with Crippen molar-refractivity contribution in [2.75, 3.05) is 0 Å². The predicted molar refractivity (Wildman–Crippen MR) is 92.5 cm³/mol. The molecule has 3 saturated carbocycles. The number of halogens is 1. The molecule has 7 atom stereocenters. The summed E-state index contributed by atoms with van der Waals surface area (Å²) in [6.07, 6.45) is 9.13. The van der Waals surface area contributed by atoms with Crippen LogP contribution in [0.5, 0.6) is 0 Å². The number of allylic oxidation sites excluding steroid dienone is 2. The van der Waals surface area contributed by atoms with Crippen molar-refractivity contribution >= 4 is 12.3 Å². The molecule has 4 aliphatic carbocycles. The van der Waals surface area contributed by atoms with Crippen LogP contribution in [0, 0.1) is 28.6 Å². The Morgan fingerprint density at radius 2 is 2.04 bits per heavy atom. The van der Waals surface area contributed by atoms with Crippen molar-refractivity contribution < 1.29 is 18.7 Å². The van der Waals surface area contributed by atoms with Crippen molar-refractivity contribution in [2.24, 2.45) is 28.6 Å². The van der Waals surface area contributed by atoms with Crippen LogP contribution < -0.4 is 0 Å². The first-order valence-electron chi connectivity index (χ1n) is 9.88. The third-order valence-electron chi connectivity index (χ3n) is 8.08. The van der Waals surface area contributed by atoms with Crippen LogP contribution in [0.4, 0.5) is 4.39 Å². The summed E-state index contributed by atoms with van der Waals surface area (Å²) in [4.78, 5) is 23.7. The highest BCUT2D eigenvalue weighted by atomic mass is 19.1. The summed E-state index contributed by atoms with van der Waals surface area (Å²) in [7, 11) is 0. The summed E-state index contributed by atoms with van der Waals surface area (Å²) in [5.41, 5.74) is 0.673. The molecule has 0 heterocycles. The molecule has 0 N–H and O–H groups in total. The molecule has 0 unspecified atom stereocenters. The maximum atomic E-state index is 13.9. The van der Waals surface area contributed by atoms with Crippen molar-refractivity contribution in [3.63, 3.8) is 0 Å². The van der Waals surface area contributed by atoms with Gasteiger partial charge in [-0.15, -0.1) is 0 Å². The maximum Gasteiger partial charge on any atom is 0.302 e. The first-order valence-corrected chi connectivity index (χ1v) is 9.88. The Hall–Kier alpha value is -1.19. The number of carbonyl (C=O) groups excluding carboxylic acids is 2. The minimum atomic E-state index is -0.787. The summed E-state index contributed by atoms with van der Waals surface area (Å²) in [6, 6.07) is 0. The van der Waals surface area contributed by atoms with Gasteiger partial charge in [0.05, 0.1) is 5.41 Å². The summed E-state index contributed by atoms with van der Waals surface area (Å²) < 4.78 is 19.6. The third-order valence-corrected chi connectivity index (χ3v) is 8.08. The monoisotopic (exact) mass is 348 g/mol. The van der Waals surface area contributed by atoms with Gasteiger partial charge in [0.2, 0.25) is 0 Å². The van der Waals surface area contributed by atoms with Gasteiger partial charge >= 0.3 is 5.97 Å². The van der Waals surface area contributed by atoms with E-state index in [1.54, 1.807) is 0 Å². The minimum absolute atomic E-state index is 0.00934. The molecule has 25 heavy (non-hydrogen) atoms. The Balaban J connectivity index is 1.65. The van der Waals surface area contributed by atoms with Crippen molar-refractivity contribution in [3.8, 4) is 0 Å². The Morgan fingerprint density at radius 3 is 2.76 bits per heavy atom. The normalized spacial score (nSPS) is 48.6. The Morgan fingerprint density at radius 1 is 1.24 bits per heavy atom. The van der Waals surface area contributed by atoms with Gasteiger partial charge in [0, 0.05) is 18.8 Å². The topological polar surface area (TPSA) is 43.4 Å². The molecule has 0 aromatic rings. The second-order valence-corrected chi connectivity index (χ2v) is 9.06. The van der Waals surface area contributed by atoms with Gasteiger partial charge in [-0.05, 0) is 62.7 Å². The molecule has 0 spiro atoms. The van der Waals surface area contributed by atoms with Crippen LogP contribution in [-0.4, -0.2) is 24.5 Å². The van der Waals surface area contributed by atoms with Gasteiger partial charge < -0.3 is 9.53 Å². The lowest BCUT2D eigenvalue weighted by atomic mass is 9.48. The van der Waals surface area contributed by atoms with Gasteiger partial charge in [-0.3, -0.25) is 4.79 Å². The number of esters is 1. The fourth-order valence-electron chi connectivity index (χ4n) is 6.89. The number of alkyl halides is 1. The largest absolute Gasteiger partial charge is 0.462 e. The fraction of sp³-hybridized carbons (Fsp3) is 0.810. The number of hydrogen-bond acceptors (Lipinski definition) is 3. The van der Waals surface area contributed by atoms with E-state index in [2.05, 4.69) is 13.0 Å². The highest BCUT2D eigenvalue weighted by molar-refractivity contribution is 5.67. The van der Waals surface area contributed by atoms with E-state index in [1.807, 2.05) is 0 Å². The molecule has 4 heteroatoms. The molecule has 4 rings (SSSR count). The Kier molecular flexibility index (Phi) is 4.08. The number of fused-ring (bicyclic) bond motifs is 5. The second-order valence-electron chi connectivity index (χ2n) is 9.06. The Bertz CT molecular complexity index is 614. The molecule has 0 radical (unpaired) electrons. The van der Waals surface area contributed by atoms with Crippen LogP contribution in [0.15, 0.2) is 11.6 Å². The van der Waals surface area contributed by atoms with Crippen LogP contribution in [0.3, 0.4) is 0 Å². The molecule has 3 fully saturated rings. The van der Waals surface area contributed by atoms with Crippen molar-refractivity contribution in [2.45, 2.75) is 77.5 Å². The second kappa shape index (κ2) is 5.92. The predicted octanol–water partition coefficient (Wildman–Crippen LogP) is 4.40. The molecular formula is C21H29FO3. The highest BCUT2D eigenvalue weighted by Crippen LogP contribution is 2.64. The van der Waals surface area contributed by atoms with Gasteiger partial charge in [-0.2, -0.15) is 0 Å². The molecule has 3 nitrogen and oxygen atoms in total. The zero-order valence-electron chi connectivity index (χ0n) is 15.3. The number of rotatable bonds is 2. The highest BCUT2D eigenvalue weighted by Gasteiger charge is 2.60. The van der Waals surface area contributed by atoms with Gasteiger partial charge in [-0.1, -0.05) is 18.6 Å². The molecule has 138 valence electrons. The summed E-state index contributed by atoms with van der Waals surface area (Å²) in [5, 5.41) is 0. The maximum absolute atomic E-state index is 13.9. The first kappa shape index (κ1) is 17.2. The molecular weight excluding hydrogens is 319 g/mol. The minimum Gasteiger partial charge on any atom is -0.462 e. The molecule has 0 bridgehead atoms. The van der Waals surface area contributed by atoms with E-state index in [4.69, 9.17) is 4.74 Å². The summed E-state index contributed by atoms with van der Waals surface area (Å²) in [6.45, 7) is 3.77. The number of hydrogen-bond donors (Lipinski definition) is 0. The van der Waals surface area contributed by atoms with Crippen LogP contribution >= 0.6 is 0 Å². The first-order chi connectivity index (χ1) is 11.9. The van der Waals surface area contributed by atoms with E-state index in [1.165, 1.54) is 6.92 Å². The van der Waals surface area contributed by atoms with Crippen molar-refractivity contribution in [3.05, 3.63) is 11.6 Å². The smallest absolute Gasteiger partial charge is 0.302 e. The number of aldehydes is 1. The molecule has 0 aromatic heterocycles. The lowest BCUT2D eigenvalue weighted by molar-refractivity contribution is -0.157. The van der Waals surface area contributed by atoms with Crippen LogP contribution in [0.25, 0.3) is 0 Å². The number of ether oxygens (including phenoxy) is 1. The molecule has 0 aliphatic heterocycles. The molecule has 0 saturated heterocycles. The quantitative estimate of drug-likeness (QED) is 0.422. The van der Waals surface area contributed by atoms with E-state index >= 15 is 0 Å². The lowest BCUT2D eigenvalue weighted by Gasteiger charge is -2.56. The van der Waals surface area contributed by atoms with E-state index < -0.39 is 11.6 Å². The average Bonchev–Trinajstić information content (AvgIpc) is 2.90. The fourth-order valence-corrected chi connectivity index (χ4v) is 6.89. The zero-order valence-corrected chi connectivity index (χ0v) is 15.3. The summed E-state index contributed by atoms with van der Waals surface area (Å²) >= 11 is 0. The lowest BCUT2D eigenvalue weighted by Crippen LogP contribution is -2.53. The van der Waals surface area contributed by atoms with Crippen molar-refractivity contribution in [1.82, 2.24) is 0 Å². The average molecular weight is 348 g/mol. The third kappa shape index (κ3) is 2.43. The van der Waals surface area contributed by atoms with E-state index in [0.29, 0.717) is 37.0 Å². The van der Waals surface area contributed by atoms with Gasteiger partial charge in [0.15, 0.2) is 0 Å². The van der Waals surface area contributed by atoms with E-state index in [-0.39, 0.29) is 17.5 Å². The van der Waals surface area contributed by atoms with Crippen LogP contribution in [0.1, 0.15) is 65.2 Å². The number of carbonyl (C=O) groups is 2.